The van der Waals surface area contributed by atoms with E-state index < -0.39 is 10.0 Å². The van der Waals surface area contributed by atoms with Gasteiger partial charge in [0.15, 0.2) is 5.89 Å². The second-order valence-electron chi connectivity index (χ2n) is 4.57. The van der Waals surface area contributed by atoms with Crippen molar-refractivity contribution in [2.75, 3.05) is 4.72 Å². The predicted molar refractivity (Wildman–Crippen MR) is 79.7 cm³/mol. The SMILES string of the molecule is CCc1ncc(S(=O)(=O)Nc2cccc3c(C#N)c[nH]c23)o1. The van der Waals surface area contributed by atoms with Gasteiger partial charge in [-0.2, -0.15) is 13.7 Å². The standard InChI is InChI=1S/C14H12N4O3S/c1-2-12-16-8-13(21-12)22(19,20)18-11-5-3-4-10-9(6-15)7-17-14(10)11/h3-5,7-8,17-18H,2H2,1H3. The van der Waals surface area contributed by atoms with Crippen LogP contribution in [0.2, 0.25) is 0 Å². The molecule has 0 saturated heterocycles. The number of hydrogen-bond acceptors (Lipinski definition) is 5. The lowest BCUT2D eigenvalue weighted by atomic mass is 10.2. The Balaban J connectivity index is 2.02. The molecule has 0 atom stereocenters. The van der Waals surface area contributed by atoms with E-state index in [1.165, 1.54) is 12.4 Å². The normalized spacial score (nSPS) is 11.5. The van der Waals surface area contributed by atoms with E-state index in [1.807, 2.05) is 13.0 Å². The Bertz CT molecular complexity index is 979. The van der Waals surface area contributed by atoms with E-state index in [1.54, 1.807) is 18.2 Å². The molecule has 0 aliphatic carbocycles. The summed E-state index contributed by atoms with van der Waals surface area (Å²) in [6, 6.07) is 7.07. The molecule has 0 fully saturated rings. The van der Waals surface area contributed by atoms with Crippen molar-refractivity contribution < 1.29 is 12.8 Å². The van der Waals surface area contributed by atoms with Gasteiger partial charge in [0.2, 0.25) is 0 Å². The Morgan fingerprint density at radius 2 is 2.27 bits per heavy atom. The van der Waals surface area contributed by atoms with Crippen LogP contribution in [0, 0.1) is 11.3 Å². The fourth-order valence-electron chi connectivity index (χ4n) is 2.11. The molecule has 2 N–H and O–H groups in total. The first-order valence-electron chi connectivity index (χ1n) is 6.53. The summed E-state index contributed by atoms with van der Waals surface area (Å²) in [6.07, 6.45) is 3.22. The maximum Gasteiger partial charge on any atom is 0.297 e. The highest BCUT2D eigenvalue weighted by Gasteiger charge is 2.21. The summed E-state index contributed by atoms with van der Waals surface area (Å²) in [6.45, 7) is 1.82. The molecule has 8 heteroatoms. The van der Waals surface area contributed by atoms with Crippen molar-refractivity contribution in [1.29, 1.82) is 5.26 Å². The number of aromatic amines is 1. The highest BCUT2D eigenvalue weighted by Crippen LogP contribution is 2.27. The number of nitriles is 1. The molecule has 0 aliphatic heterocycles. The van der Waals surface area contributed by atoms with E-state index in [2.05, 4.69) is 14.7 Å². The van der Waals surface area contributed by atoms with Gasteiger partial charge < -0.3 is 9.40 Å². The fourth-order valence-corrected chi connectivity index (χ4v) is 3.07. The Morgan fingerprint density at radius 1 is 1.45 bits per heavy atom. The molecular weight excluding hydrogens is 304 g/mol. The number of aromatic nitrogens is 2. The molecule has 22 heavy (non-hydrogen) atoms. The quantitative estimate of drug-likeness (QED) is 0.767. The number of nitrogens with zero attached hydrogens (tertiary/aromatic N) is 2. The number of aryl methyl sites for hydroxylation is 1. The zero-order valence-electron chi connectivity index (χ0n) is 11.6. The summed E-state index contributed by atoms with van der Waals surface area (Å²) >= 11 is 0. The monoisotopic (exact) mass is 316 g/mol. The topological polar surface area (TPSA) is 112 Å². The Morgan fingerprint density at radius 3 is 2.95 bits per heavy atom. The first kappa shape index (κ1) is 14.2. The minimum Gasteiger partial charge on any atom is -0.427 e. The number of anilines is 1. The van der Waals surface area contributed by atoms with Crippen LogP contribution in [0.1, 0.15) is 18.4 Å². The van der Waals surface area contributed by atoms with Gasteiger partial charge in [-0.05, 0) is 6.07 Å². The molecule has 0 unspecified atom stereocenters. The van der Waals surface area contributed by atoms with E-state index in [-0.39, 0.29) is 5.09 Å². The zero-order chi connectivity index (χ0) is 15.7. The minimum absolute atomic E-state index is 0.242. The number of benzene rings is 1. The van der Waals surface area contributed by atoms with Crippen LogP contribution in [0.5, 0.6) is 0 Å². The lowest BCUT2D eigenvalue weighted by Gasteiger charge is -2.06. The van der Waals surface area contributed by atoms with E-state index >= 15 is 0 Å². The van der Waals surface area contributed by atoms with Gasteiger partial charge in [-0.15, -0.1) is 0 Å². The van der Waals surface area contributed by atoms with Gasteiger partial charge >= 0.3 is 0 Å². The van der Waals surface area contributed by atoms with E-state index in [0.29, 0.717) is 34.5 Å². The minimum atomic E-state index is -3.87. The van der Waals surface area contributed by atoms with Crippen LogP contribution in [0.3, 0.4) is 0 Å². The van der Waals surface area contributed by atoms with Gasteiger partial charge in [0, 0.05) is 18.0 Å². The largest absolute Gasteiger partial charge is 0.427 e. The first-order chi connectivity index (χ1) is 10.5. The van der Waals surface area contributed by atoms with Gasteiger partial charge in [-0.3, -0.25) is 4.72 Å². The summed E-state index contributed by atoms with van der Waals surface area (Å²) in [5.41, 5.74) is 1.33. The third kappa shape index (κ3) is 2.31. The number of rotatable bonds is 4. The van der Waals surface area contributed by atoms with Gasteiger partial charge in [0.25, 0.3) is 15.1 Å². The van der Waals surface area contributed by atoms with Gasteiger partial charge in [-0.1, -0.05) is 19.1 Å². The van der Waals surface area contributed by atoms with Crippen molar-refractivity contribution in [1.82, 2.24) is 9.97 Å². The maximum absolute atomic E-state index is 12.3. The predicted octanol–water partition coefficient (Wildman–Crippen LogP) is 2.39. The maximum atomic E-state index is 12.3. The molecule has 0 spiro atoms. The van der Waals surface area contributed by atoms with Crippen molar-refractivity contribution in [2.24, 2.45) is 0 Å². The third-order valence-electron chi connectivity index (χ3n) is 3.18. The van der Waals surface area contributed by atoms with E-state index in [4.69, 9.17) is 9.68 Å². The lowest BCUT2D eigenvalue weighted by molar-refractivity contribution is 0.412. The molecule has 3 rings (SSSR count). The Labute approximate surface area is 126 Å². The highest BCUT2D eigenvalue weighted by atomic mass is 32.2. The smallest absolute Gasteiger partial charge is 0.297 e. The molecule has 1 aromatic carbocycles. The molecule has 0 bridgehead atoms. The van der Waals surface area contributed by atoms with Crippen molar-refractivity contribution in [2.45, 2.75) is 18.4 Å². The number of oxazole rings is 1. The Hall–Kier alpha value is -2.79. The average Bonchev–Trinajstić information content (AvgIpc) is 3.14. The van der Waals surface area contributed by atoms with Crippen LogP contribution in [-0.4, -0.2) is 18.4 Å². The number of fused-ring (bicyclic) bond motifs is 1. The second kappa shape index (κ2) is 5.20. The van der Waals surface area contributed by atoms with Crippen LogP contribution in [0.25, 0.3) is 10.9 Å². The molecular formula is C14H12N4O3S. The second-order valence-corrected chi connectivity index (χ2v) is 6.19. The van der Waals surface area contributed by atoms with Crippen molar-refractivity contribution in [3.05, 3.63) is 42.0 Å². The van der Waals surface area contributed by atoms with Crippen LogP contribution in [-0.2, 0) is 16.4 Å². The number of H-pyrrole nitrogens is 1. The summed E-state index contributed by atoms with van der Waals surface area (Å²) < 4.78 is 32.3. The zero-order valence-corrected chi connectivity index (χ0v) is 12.4. The number of para-hydroxylation sites is 1. The molecule has 0 amide bonds. The molecule has 0 radical (unpaired) electrons. The average molecular weight is 316 g/mol. The van der Waals surface area contributed by atoms with E-state index in [0.717, 1.165) is 0 Å². The Kier molecular flexibility index (Phi) is 3.35. The molecule has 2 heterocycles. The summed E-state index contributed by atoms with van der Waals surface area (Å²) in [4.78, 5) is 6.79. The van der Waals surface area contributed by atoms with Crippen molar-refractivity contribution in [3.63, 3.8) is 0 Å². The molecule has 0 aliphatic rings. The van der Waals surface area contributed by atoms with Gasteiger partial charge in [-0.25, -0.2) is 4.98 Å². The first-order valence-corrected chi connectivity index (χ1v) is 8.01. The highest BCUT2D eigenvalue weighted by molar-refractivity contribution is 7.92. The van der Waals surface area contributed by atoms with Crippen molar-refractivity contribution in [3.8, 4) is 6.07 Å². The van der Waals surface area contributed by atoms with E-state index in [9.17, 15) is 8.42 Å². The van der Waals surface area contributed by atoms with Gasteiger partial charge in [0.05, 0.1) is 23.0 Å². The number of sulfonamides is 1. The number of hydrogen-bond donors (Lipinski definition) is 2. The fraction of sp³-hybridized carbons (Fsp3) is 0.143. The van der Waals surface area contributed by atoms with Crippen LogP contribution in [0.15, 0.2) is 40.1 Å². The lowest BCUT2D eigenvalue weighted by Crippen LogP contribution is -2.12. The molecule has 2 aromatic heterocycles. The summed E-state index contributed by atoms with van der Waals surface area (Å²) in [5.74, 6) is 0.352. The van der Waals surface area contributed by atoms with Crippen LogP contribution >= 0.6 is 0 Å². The third-order valence-corrected chi connectivity index (χ3v) is 4.39. The van der Waals surface area contributed by atoms with Crippen LogP contribution < -0.4 is 4.72 Å². The molecule has 7 nitrogen and oxygen atoms in total. The molecule has 3 aromatic rings. The van der Waals surface area contributed by atoms with Crippen molar-refractivity contribution >= 4 is 26.6 Å². The van der Waals surface area contributed by atoms with Gasteiger partial charge in [0.1, 0.15) is 6.07 Å². The summed E-state index contributed by atoms with van der Waals surface area (Å²) in [5, 5.41) is 9.43. The molecule has 0 saturated carbocycles. The summed E-state index contributed by atoms with van der Waals surface area (Å²) in [7, 11) is -3.87. The molecule has 112 valence electrons. The van der Waals surface area contributed by atoms with Crippen LogP contribution in [0.4, 0.5) is 5.69 Å². The number of nitrogens with one attached hydrogen (secondary N) is 2.